The summed E-state index contributed by atoms with van der Waals surface area (Å²) >= 11 is 5.85. The van der Waals surface area contributed by atoms with E-state index in [0.29, 0.717) is 17.1 Å². The Morgan fingerprint density at radius 1 is 1.33 bits per heavy atom. The Labute approximate surface area is 180 Å². The number of amides is 2. The summed E-state index contributed by atoms with van der Waals surface area (Å²) < 4.78 is 14.4. The lowest BCUT2D eigenvalue weighted by Crippen LogP contribution is -2.60. The van der Waals surface area contributed by atoms with E-state index in [1.54, 1.807) is 17.1 Å². The Balaban J connectivity index is 1.83. The molecule has 0 spiro atoms. The zero-order valence-corrected chi connectivity index (χ0v) is 18.3. The minimum Gasteiger partial charge on any atom is -0.391 e. The van der Waals surface area contributed by atoms with Crippen LogP contribution in [0.15, 0.2) is 18.2 Å². The first-order chi connectivity index (χ1) is 14.0. The number of nitrogens with zero attached hydrogens (tertiary/aromatic N) is 2. The number of rotatable bonds is 4. The molecule has 4 N–H and O–H groups in total. The summed E-state index contributed by atoms with van der Waals surface area (Å²) in [7, 11) is 1.51. The molecular weight excluding hydrogens is 413 g/mol. The number of aliphatic hydroxyl groups excluding tert-OH is 1. The summed E-state index contributed by atoms with van der Waals surface area (Å²) in [6, 6.07) is 2.74. The van der Waals surface area contributed by atoms with Crippen LogP contribution in [0.4, 0.5) is 4.39 Å². The van der Waals surface area contributed by atoms with Crippen LogP contribution in [0.2, 0.25) is 5.02 Å². The summed E-state index contributed by atoms with van der Waals surface area (Å²) in [6.07, 6.45) is -0.551. The van der Waals surface area contributed by atoms with E-state index in [0.717, 1.165) is 0 Å². The predicted molar refractivity (Wildman–Crippen MR) is 111 cm³/mol. The van der Waals surface area contributed by atoms with Crippen LogP contribution >= 0.6 is 11.6 Å². The van der Waals surface area contributed by atoms with Crippen LogP contribution in [0, 0.1) is 11.2 Å². The molecule has 2 heterocycles. The van der Waals surface area contributed by atoms with Crippen molar-refractivity contribution in [2.24, 2.45) is 5.41 Å². The first kappa shape index (κ1) is 22.9. The number of carbonyl (C=O) groups excluding carboxylic acids is 2. The Bertz CT molecular complexity index is 818. The van der Waals surface area contributed by atoms with Crippen molar-refractivity contribution in [3.8, 4) is 0 Å². The number of benzene rings is 1. The molecule has 0 radical (unpaired) electrons. The molecule has 0 saturated carbocycles. The highest BCUT2D eigenvalue weighted by Gasteiger charge is 2.47. The lowest BCUT2D eigenvalue weighted by atomic mass is 9.85. The standard InChI is InChI=1S/C20H29ClFN5O3/c1-20(2,3)17(19(30)26-9-12(28)8-16(26)18(29)23-4)27-10-15(24-25-27)13-6-5-11(21)7-14(13)22/h5-7,12,15-17,24-25,28H,8-10H2,1-4H3,(H,23,29)/t12-,15?,16+,17-/m1/s1. The Morgan fingerprint density at radius 2 is 2.03 bits per heavy atom. The van der Waals surface area contributed by atoms with Crippen LogP contribution in [0.25, 0.3) is 0 Å². The third-order valence-electron chi connectivity index (χ3n) is 5.58. The maximum atomic E-state index is 14.4. The number of halogens is 2. The highest BCUT2D eigenvalue weighted by Crippen LogP contribution is 2.32. The molecule has 8 nitrogen and oxygen atoms in total. The average molecular weight is 442 g/mol. The molecule has 1 aromatic carbocycles. The molecule has 2 fully saturated rings. The molecule has 2 aliphatic heterocycles. The van der Waals surface area contributed by atoms with Crippen molar-refractivity contribution in [3.05, 3.63) is 34.6 Å². The third-order valence-corrected chi connectivity index (χ3v) is 5.81. The van der Waals surface area contributed by atoms with Gasteiger partial charge in [0.15, 0.2) is 0 Å². The summed E-state index contributed by atoms with van der Waals surface area (Å²) in [5, 5.41) is 14.7. The van der Waals surface area contributed by atoms with Crippen molar-refractivity contribution in [2.75, 3.05) is 20.1 Å². The summed E-state index contributed by atoms with van der Waals surface area (Å²) in [6.45, 7) is 6.20. The number of nitrogens with one attached hydrogen (secondary N) is 3. The van der Waals surface area contributed by atoms with E-state index in [1.165, 1.54) is 18.0 Å². The van der Waals surface area contributed by atoms with E-state index in [4.69, 9.17) is 11.6 Å². The van der Waals surface area contributed by atoms with Gasteiger partial charge in [0.1, 0.15) is 17.9 Å². The van der Waals surface area contributed by atoms with Gasteiger partial charge < -0.3 is 15.3 Å². The van der Waals surface area contributed by atoms with Gasteiger partial charge in [-0.2, -0.15) is 5.53 Å². The van der Waals surface area contributed by atoms with Crippen LogP contribution in [0.5, 0.6) is 0 Å². The highest BCUT2D eigenvalue weighted by atomic mass is 35.5. The normalized spacial score (nSPS) is 26.1. The molecule has 3 rings (SSSR count). The van der Waals surface area contributed by atoms with E-state index in [-0.39, 0.29) is 30.8 Å². The lowest BCUT2D eigenvalue weighted by molar-refractivity contribution is -0.147. The monoisotopic (exact) mass is 441 g/mol. The van der Waals surface area contributed by atoms with Crippen molar-refractivity contribution in [2.45, 2.75) is 51.4 Å². The topological polar surface area (TPSA) is 96.9 Å². The number of hydrogen-bond acceptors (Lipinski definition) is 6. The summed E-state index contributed by atoms with van der Waals surface area (Å²) in [5.74, 6) is -0.995. The van der Waals surface area contributed by atoms with Gasteiger partial charge in [-0.05, 0) is 17.5 Å². The molecule has 2 saturated heterocycles. The number of likely N-dealkylation sites (tertiary alicyclic amines) is 1. The predicted octanol–water partition coefficient (Wildman–Crippen LogP) is 0.967. The van der Waals surface area contributed by atoms with Gasteiger partial charge in [-0.15, -0.1) is 0 Å². The number of β-amino-alcohol motifs (C(OH)–C–C–N with tert-alkyl or cyclic N) is 1. The smallest absolute Gasteiger partial charge is 0.242 e. The Kier molecular flexibility index (Phi) is 6.69. The van der Waals surface area contributed by atoms with Gasteiger partial charge >= 0.3 is 0 Å². The Hall–Kier alpha value is -1.78. The molecule has 1 unspecified atom stereocenters. The number of likely N-dealkylation sites (N-methyl/N-ethyl adjacent to an activating group) is 1. The van der Waals surface area contributed by atoms with Crippen LogP contribution in [0.1, 0.15) is 38.8 Å². The second-order valence-corrected chi connectivity index (χ2v) is 9.34. The number of aliphatic hydroxyl groups is 1. The maximum Gasteiger partial charge on any atom is 0.242 e. The second-order valence-electron chi connectivity index (χ2n) is 8.91. The SMILES string of the molecule is CNC(=O)[C@@H]1C[C@@H](O)CN1C(=O)[C@@H](N1CC(c2ccc(Cl)cc2F)NN1)C(C)(C)C. The fourth-order valence-electron chi connectivity index (χ4n) is 4.18. The van der Waals surface area contributed by atoms with Crippen LogP contribution < -0.4 is 16.3 Å². The first-order valence-corrected chi connectivity index (χ1v) is 10.3. The molecule has 1 aromatic rings. The van der Waals surface area contributed by atoms with Crippen LogP contribution in [-0.4, -0.2) is 65.2 Å². The fraction of sp³-hybridized carbons (Fsp3) is 0.600. The Morgan fingerprint density at radius 3 is 2.63 bits per heavy atom. The molecule has 2 amide bonds. The van der Waals surface area contributed by atoms with Gasteiger partial charge in [-0.3, -0.25) is 9.59 Å². The van der Waals surface area contributed by atoms with Gasteiger partial charge in [0.05, 0.1) is 12.1 Å². The zero-order chi connectivity index (χ0) is 22.2. The van der Waals surface area contributed by atoms with Crippen molar-refractivity contribution < 1.29 is 19.1 Å². The highest BCUT2D eigenvalue weighted by molar-refractivity contribution is 6.30. The number of hydrazine groups is 2. The maximum absolute atomic E-state index is 14.4. The molecule has 2 aliphatic rings. The van der Waals surface area contributed by atoms with E-state index in [2.05, 4.69) is 16.3 Å². The van der Waals surface area contributed by atoms with E-state index in [9.17, 15) is 19.1 Å². The molecule has 166 valence electrons. The molecular formula is C20H29ClFN5O3. The van der Waals surface area contributed by atoms with Gasteiger partial charge in [-0.25, -0.2) is 14.8 Å². The van der Waals surface area contributed by atoms with Crippen molar-refractivity contribution >= 4 is 23.4 Å². The van der Waals surface area contributed by atoms with Gasteiger partial charge in [-0.1, -0.05) is 38.4 Å². The fourth-order valence-corrected chi connectivity index (χ4v) is 4.34. The van der Waals surface area contributed by atoms with Crippen molar-refractivity contribution in [1.29, 1.82) is 0 Å². The summed E-state index contributed by atoms with van der Waals surface area (Å²) in [4.78, 5) is 27.2. The van der Waals surface area contributed by atoms with E-state index < -0.39 is 29.4 Å². The summed E-state index contributed by atoms with van der Waals surface area (Å²) in [5.41, 5.74) is 5.97. The molecule has 0 aliphatic carbocycles. The first-order valence-electron chi connectivity index (χ1n) is 9.95. The van der Waals surface area contributed by atoms with Gasteiger partial charge in [0, 0.05) is 37.1 Å². The lowest BCUT2D eigenvalue weighted by Gasteiger charge is -2.39. The zero-order valence-electron chi connectivity index (χ0n) is 17.6. The molecule has 0 bridgehead atoms. The average Bonchev–Trinajstić information content (AvgIpc) is 3.27. The van der Waals surface area contributed by atoms with Crippen molar-refractivity contribution in [1.82, 2.24) is 26.2 Å². The molecule has 4 atom stereocenters. The van der Waals surface area contributed by atoms with Gasteiger partial charge in [0.2, 0.25) is 11.8 Å². The number of carbonyl (C=O) groups is 2. The largest absolute Gasteiger partial charge is 0.391 e. The van der Waals surface area contributed by atoms with E-state index >= 15 is 0 Å². The van der Waals surface area contributed by atoms with Gasteiger partial charge in [0.25, 0.3) is 0 Å². The number of hydrogen-bond donors (Lipinski definition) is 4. The second kappa shape index (κ2) is 8.76. The van der Waals surface area contributed by atoms with Crippen molar-refractivity contribution in [3.63, 3.8) is 0 Å². The third kappa shape index (κ3) is 4.60. The minimum atomic E-state index is -0.752. The quantitative estimate of drug-likeness (QED) is 0.556. The molecule has 10 heteroatoms. The minimum absolute atomic E-state index is 0.0972. The van der Waals surface area contributed by atoms with Crippen LogP contribution in [-0.2, 0) is 9.59 Å². The molecule has 0 aromatic heterocycles. The van der Waals surface area contributed by atoms with E-state index in [1.807, 2.05) is 20.8 Å². The van der Waals surface area contributed by atoms with Crippen LogP contribution in [0.3, 0.4) is 0 Å². The molecule has 30 heavy (non-hydrogen) atoms.